The first kappa shape index (κ1) is 101. The van der Waals surface area contributed by atoms with Crippen LogP contribution in [0, 0.1) is 17.8 Å². The van der Waals surface area contributed by atoms with E-state index in [0.717, 1.165) is 124 Å². The van der Waals surface area contributed by atoms with Gasteiger partial charge in [0, 0.05) is 46.4 Å². The van der Waals surface area contributed by atoms with Gasteiger partial charge in [0.1, 0.15) is 0 Å². The van der Waals surface area contributed by atoms with Crippen LogP contribution in [0.4, 0.5) is 0 Å². The quantitative estimate of drug-likeness (QED) is 0.0277. The van der Waals surface area contributed by atoms with Gasteiger partial charge in [0.25, 0.3) is 34.7 Å². The van der Waals surface area contributed by atoms with Gasteiger partial charge in [-0.05, 0) is 127 Å². The second kappa shape index (κ2) is 58.3. The number of rotatable bonds is 73. The van der Waals surface area contributed by atoms with Gasteiger partial charge in [0.05, 0.1) is 32.9 Å². The van der Waals surface area contributed by atoms with Crippen molar-refractivity contribution >= 4 is 74.4 Å². The number of imide groups is 2. The molecule has 10 nitrogen and oxygen atoms in total. The van der Waals surface area contributed by atoms with E-state index in [0.29, 0.717) is 98.1 Å². The minimum Gasteiger partial charge on any atom is -0.280 e. The molecule has 2 aromatic carbocycles. The van der Waals surface area contributed by atoms with E-state index in [-0.39, 0.29) is 36.0 Å². The molecule has 680 valence electrons. The highest BCUT2D eigenvalue weighted by Crippen LogP contribution is 2.44. The van der Waals surface area contributed by atoms with Crippen molar-refractivity contribution in [2.24, 2.45) is 17.8 Å². The van der Waals surface area contributed by atoms with Crippen LogP contribution in [-0.2, 0) is 12.8 Å². The fraction of sp³-hybridized carbons (Fsp3) is 0.714. The standard InChI is InChI=1S/C112H176N4O6/c1-11-17-23-29-35-39-43-47-51-57-67-89(68-58-52-48-44-40-36-30-24-18-12-2)71-61-63-73-94-99-80-79-93(78-77-92-86-97-103-101(109(119)113(108(97)118)83-65-55-33-27-21-15-5)91(76-75-87(7)8)85-96-104(103)102(92)110(120)114(107(96)117)84-66-56-34-28-22-16-6)115(99)111(121)105-95(100-82-81-98(88(9)10)116(100)112(122)106(94)105)74-64-62-72-90(69-59-53-49-45-41-37-31-25-19-13-3)70-60-54-50-46-42-38-32-26-20-14-4/h75-82,85-90H,11-74,83-84H2,1-10H3/b76-75+,78-77+. The fourth-order valence-corrected chi connectivity index (χ4v) is 20.6. The molecule has 0 spiro atoms. The van der Waals surface area contributed by atoms with Crippen LogP contribution >= 0.6 is 0 Å². The van der Waals surface area contributed by atoms with Crippen molar-refractivity contribution in [1.29, 1.82) is 0 Å². The predicted molar refractivity (Wildman–Crippen MR) is 526 cm³/mol. The highest BCUT2D eigenvalue weighted by Gasteiger charge is 2.42. The van der Waals surface area contributed by atoms with Gasteiger partial charge in [-0.25, -0.2) is 0 Å². The number of unbranched alkanes of at least 4 members (excludes halogenated alkanes) is 48. The first-order valence-electron chi connectivity index (χ1n) is 52.4. The van der Waals surface area contributed by atoms with E-state index in [2.05, 4.69) is 87.4 Å². The van der Waals surface area contributed by atoms with E-state index in [9.17, 15) is 0 Å². The van der Waals surface area contributed by atoms with Crippen LogP contribution in [0.25, 0.3) is 50.8 Å². The third-order valence-electron chi connectivity index (χ3n) is 28.1. The predicted octanol–water partition coefficient (Wildman–Crippen LogP) is 33.4. The van der Waals surface area contributed by atoms with Crippen molar-refractivity contribution in [3.63, 3.8) is 0 Å². The Morgan fingerprint density at radius 2 is 0.574 bits per heavy atom. The summed E-state index contributed by atoms with van der Waals surface area (Å²) in [6, 6.07) is 12.0. The molecular formula is C112H176N4O6. The number of allylic oxidation sites excluding steroid dienone is 1. The molecule has 4 amide bonds. The molecule has 0 unspecified atom stereocenters. The summed E-state index contributed by atoms with van der Waals surface area (Å²) in [6.07, 6.45) is 86.1. The molecule has 2 aliphatic rings. The Morgan fingerprint density at radius 3 is 0.902 bits per heavy atom. The summed E-state index contributed by atoms with van der Waals surface area (Å²) < 4.78 is 3.88. The molecule has 6 heterocycles. The summed E-state index contributed by atoms with van der Waals surface area (Å²) in [5.74, 6) is -0.107. The van der Waals surface area contributed by atoms with Crippen LogP contribution in [0.15, 0.2) is 52.1 Å². The zero-order chi connectivity index (χ0) is 87.1. The fourth-order valence-electron chi connectivity index (χ4n) is 20.6. The number of carbonyl (C=O) groups excluding carboxylic acids is 4. The summed E-state index contributed by atoms with van der Waals surface area (Å²) in [5, 5.41) is 1.85. The van der Waals surface area contributed by atoms with E-state index in [1.165, 1.54) is 299 Å². The second-order valence-electron chi connectivity index (χ2n) is 39.1. The number of hydrogen-bond donors (Lipinski definition) is 0. The van der Waals surface area contributed by atoms with Crippen LogP contribution < -0.4 is 11.1 Å². The summed E-state index contributed by atoms with van der Waals surface area (Å²) >= 11 is 0. The molecule has 0 aliphatic carbocycles. The van der Waals surface area contributed by atoms with Crippen LogP contribution in [0.3, 0.4) is 0 Å². The molecule has 0 radical (unpaired) electrons. The Balaban J connectivity index is 1.21. The lowest BCUT2D eigenvalue weighted by Gasteiger charge is -2.34. The second-order valence-corrected chi connectivity index (χ2v) is 39.1. The Kier molecular flexibility index (Phi) is 48.3. The largest absolute Gasteiger partial charge is 0.280 e. The third kappa shape index (κ3) is 31.1. The first-order chi connectivity index (χ1) is 59.7. The Bertz CT molecular complexity index is 4170. The van der Waals surface area contributed by atoms with E-state index in [4.69, 9.17) is 0 Å². The smallest absolute Gasteiger partial charge is 0.264 e. The van der Waals surface area contributed by atoms with Gasteiger partial charge in [-0.3, -0.25) is 47.4 Å². The van der Waals surface area contributed by atoms with Crippen molar-refractivity contribution in [2.75, 3.05) is 13.1 Å². The number of benzene rings is 2. The molecule has 2 aliphatic heterocycles. The maximum Gasteiger partial charge on any atom is 0.264 e. The number of nitrogens with zero attached hydrogens (tertiary/aromatic N) is 4. The van der Waals surface area contributed by atoms with Crippen molar-refractivity contribution in [3.05, 3.63) is 119 Å². The van der Waals surface area contributed by atoms with Gasteiger partial charge in [-0.15, -0.1) is 0 Å². The summed E-state index contributed by atoms with van der Waals surface area (Å²) in [6.45, 7) is 22.7. The number of fused-ring (bicyclic) bond motifs is 3. The molecule has 10 heteroatoms. The first-order valence-corrected chi connectivity index (χ1v) is 52.4. The Morgan fingerprint density at radius 1 is 0.287 bits per heavy atom. The van der Waals surface area contributed by atoms with Crippen molar-refractivity contribution in [2.45, 2.75) is 486 Å². The molecule has 4 aromatic heterocycles. The monoisotopic (exact) mass is 1670 g/mol. The lowest BCUT2D eigenvalue weighted by molar-refractivity contribution is 0.0586. The molecule has 0 saturated carbocycles. The Labute approximate surface area is 743 Å². The van der Waals surface area contributed by atoms with E-state index in [1.54, 1.807) is 0 Å². The normalized spacial score (nSPS) is 13.4. The van der Waals surface area contributed by atoms with Crippen molar-refractivity contribution in [1.82, 2.24) is 18.6 Å². The van der Waals surface area contributed by atoms with Crippen LogP contribution in [0.5, 0.6) is 0 Å². The average Bonchev–Trinajstić information content (AvgIpc) is 0.945. The maximum absolute atomic E-state index is 16.7. The van der Waals surface area contributed by atoms with Gasteiger partial charge < -0.3 is 0 Å². The number of carbonyl (C=O) groups is 4. The number of hydrogen-bond acceptors (Lipinski definition) is 6. The van der Waals surface area contributed by atoms with Crippen LogP contribution in [0.1, 0.15) is 548 Å². The number of pyridine rings is 2. The minimum atomic E-state index is -0.436. The summed E-state index contributed by atoms with van der Waals surface area (Å²) in [4.78, 5) is 97.5. The zero-order valence-corrected chi connectivity index (χ0v) is 80.0. The molecule has 0 bridgehead atoms. The van der Waals surface area contributed by atoms with Crippen molar-refractivity contribution < 1.29 is 19.2 Å². The van der Waals surface area contributed by atoms with Crippen molar-refractivity contribution in [3.8, 4) is 0 Å². The van der Waals surface area contributed by atoms with Gasteiger partial charge >= 0.3 is 0 Å². The molecule has 8 rings (SSSR count). The van der Waals surface area contributed by atoms with Crippen LogP contribution in [0.2, 0.25) is 0 Å². The van der Waals surface area contributed by atoms with E-state index < -0.39 is 23.6 Å². The topological polar surface area (TPSA) is 118 Å². The summed E-state index contributed by atoms with van der Waals surface area (Å²) in [5.41, 5.74) is 7.11. The van der Waals surface area contributed by atoms with Crippen LogP contribution in [-0.4, -0.2) is 55.3 Å². The zero-order valence-electron chi connectivity index (χ0n) is 80.0. The molecule has 0 saturated heterocycles. The molecule has 0 fully saturated rings. The molecule has 0 N–H and O–H groups in total. The minimum absolute atomic E-state index is 0.0768. The SMILES string of the molecule is CCCCCCCCCCCCC(CCCCCCCCCCCC)CCCCc1c2c(=O)n3c(C(C)C)ccc3c(CCCCC(CCCCCCCCCCCC)CCCCCCCCCCCC)c2c(=O)n2c(/C=C/c3cc4c5c(c(/C=C/C(C)C)cc6c5c3C(=O)N(CCCCCCCC)C6=O)C(=O)N(CCCCCCCC)C4=O)ccc12. The molecular weight excluding hydrogens is 1500 g/mol. The maximum atomic E-state index is 16.7. The van der Waals surface area contributed by atoms with E-state index in [1.807, 2.05) is 51.3 Å². The van der Waals surface area contributed by atoms with Gasteiger partial charge in [0.15, 0.2) is 0 Å². The average molecular weight is 1670 g/mol. The summed E-state index contributed by atoms with van der Waals surface area (Å²) in [7, 11) is 0. The third-order valence-corrected chi connectivity index (χ3v) is 28.1. The lowest BCUT2D eigenvalue weighted by Crippen LogP contribution is -2.44. The number of aromatic nitrogens is 2. The number of aryl methyl sites for hydroxylation is 2. The number of amides is 4. The van der Waals surface area contributed by atoms with Gasteiger partial charge in [-0.2, -0.15) is 0 Å². The molecule has 0 atom stereocenters. The van der Waals surface area contributed by atoms with Gasteiger partial charge in [0.2, 0.25) is 0 Å². The highest BCUT2D eigenvalue weighted by atomic mass is 16.2. The van der Waals surface area contributed by atoms with E-state index >= 15 is 28.8 Å². The molecule has 6 aromatic rings. The highest BCUT2D eigenvalue weighted by molar-refractivity contribution is 6.35. The Hall–Kier alpha value is -6.16. The van der Waals surface area contributed by atoms with Gasteiger partial charge in [-0.1, -0.05) is 460 Å². The molecule has 122 heavy (non-hydrogen) atoms. The lowest BCUT2D eigenvalue weighted by atomic mass is 9.81.